The molecular formula is C73H135N3O16S4. The van der Waals surface area contributed by atoms with Crippen LogP contribution in [0.25, 0.3) is 0 Å². The molecule has 0 aliphatic carbocycles. The maximum absolute atomic E-state index is 13.0. The molecule has 0 bridgehead atoms. The first-order valence-corrected chi connectivity index (χ1v) is 41.8. The van der Waals surface area contributed by atoms with Crippen molar-refractivity contribution in [2.75, 3.05) is 158 Å². The van der Waals surface area contributed by atoms with Crippen LogP contribution in [0.4, 0.5) is 0 Å². The van der Waals surface area contributed by atoms with Gasteiger partial charge in [-0.3, -0.25) is 38.4 Å². The van der Waals surface area contributed by atoms with E-state index in [1.54, 1.807) is 47.0 Å². The highest BCUT2D eigenvalue weighted by atomic mass is 32.2. The van der Waals surface area contributed by atoms with Crippen LogP contribution < -0.4 is 0 Å². The van der Waals surface area contributed by atoms with Gasteiger partial charge in [0.15, 0.2) is 0 Å². The van der Waals surface area contributed by atoms with Crippen LogP contribution in [0.1, 0.15) is 235 Å². The zero-order valence-electron chi connectivity index (χ0n) is 61.6. The van der Waals surface area contributed by atoms with Crippen molar-refractivity contribution in [1.82, 2.24) is 14.7 Å². The van der Waals surface area contributed by atoms with Crippen molar-refractivity contribution in [1.29, 1.82) is 0 Å². The second-order valence-corrected chi connectivity index (χ2v) is 30.1. The van der Waals surface area contributed by atoms with Crippen molar-refractivity contribution in [2.24, 2.45) is 23.7 Å². The molecule has 0 N–H and O–H groups in total. The molecule has 562 valence electrons. The predicted molar refractivity (Wildman–Crippen MR) is 396 cm³/mol. The van der Waals surface area contributed by atoms with E-state index in [2.05, 4.69) is 32.6 Å². The van der Waals surface area contributed by atoms with Gasteiger partial charge in [0.1, 0.15) is 52.9 Å². The highest BCUT2D eigenvalue weighted by Gasteiger charge is 2.21. The molecule has 0 amide bonds. The van der Waals surface area contributed by atoms with Gasteiger partial charge in [0.05, 0.1) is 49.4 Å². The maximum Gasteiger partial charge on any atom is 0.309 e. The minimum absolute atomic E-state index is 0.0288. The van der Waals surface area contributed by atoms with E-state index in [1.165, 1.54) is 116 Å². The number of esters is 8. The molecule has 0 aliphatic rings. The van der Waals surface area contributed by atoms with Crippen molar-refractivity contribution < 1.29 is 76.3 Å². The Bertz CT molecular complexity index is 1890. The number of carbonyl (C=O) groups is 8. The summed E-state index contributed by atoms with van der Waals surface area (Å²) in [4.78, 5) is 109. The van der Waals surface area contributed by atoms with Gasteiger partial charge in [-0.05, 0) is 94.8 Å². The predicted octanol–water partition coefficient (Wildman–Crippen LogP) is 14.3. The summed E-state index contributed by atoms with van der Waals surface area (Å²) in [6.07, 6.45) is 28.5. The smallest absolute Gasteiger partial charge is 0.309 e. The molecule has 96 heavy (non-hydrogen) atoms. The highest BCUT2D eigenvalue weighted by molar-refractivity contribution is 7.99. The summed E-state index contributed by atoms with van der Waals surface area (Å²) in [6.45, 7) is 19.7. The van der Waals surface area contributed by atoms with E-state index in [-0.39, 0.29) is 126 Å². The number of thioether (sulfide) groups is 4. The molecule has 0 heterocycles. The normalized spacial score (nSPS) is 12.7. The third-order valence-corrected chi connectivity index (χ3v) is 21.3. The van der Waals surface area contributed by atoms with Gasteiger partial charge in [-0.15, -0.1) is 0 Å². The summed E-state index contributed by atoms with van der Waals surface area (Å²) in [6, 6.07) is 0. The average Bonchev–Trinajstić information content (AvgIpc) is 3.67. The zero-order valence-corrected chi connectivity index (χ0v) is 64.9. The third kappa shape index (κ3) is 59.9. The lowest BCUT2D eigenvalue weighted by Gasteiger charge is -2.25. The Morgan fingerprint density at radius 3 is 0.719 bits per heavy atom. The van der Waals surface area contributed by atoms with Crippen molar-refractivity contribution in [3.63, 3.8) is 0 Å². The molecule has 0 aromatic rings. The SMILES string of the molecule is CCCCCCCCSCC(C)C(=O)OCCOC(=O)CCN(CCCN(C)CCCN(CCC(=O)OCCOC(=O)C(C)CSCCCCCCCC)CCC(=O)OCCOC(=O)C(C)CSCCCCCCCC)CCC(=O)OCCOC(=O)C(C)CSCCCCCC. The van der Waals surface area contributed by atoms with Crippen LogP contribution in [0.2, 0.25) is 0 Å². The third-order valence-electron chi connectivity index (χ3n) is 16.1. The van der Waals surface area contributed by atoms with E-state index >= 15 is 0 Å². The second kappa shape index (κ2) is 67.8. The summed E-state index contributed by atoms with van der Waals surface area (Å²) in [5.41, 5.74) is 0. The fourth-order valence-electron chi connectivity index (χ4n) is 9.85. The van der Waals surface area contributed by atoms with Crippen LogP contribution in [0, 0.1) is 23.7 Å². The molecule has 0 aromatic heterocycles. The van der Waals surface area contributed by atoms with Gasteiger partial charge in [0, 0.05) is 49.2 Å². The monoisotopic (exact) mass is 1440 g/mol. The Labute approximate surface area is 599 Å². The van der Waals surface area contributed by atoms with Crippen LogP contribution in [0.15, 0.2) is 0 Å². The van der Waals surface area contributed by atoms with Crippen LogP contribution in [-0.2, 0) is 76.3 Å². The first-order valence-electron chi connectivity index (χ1n) is 37.2. The fourth-order valence-corrected chi connectivity index (χ4v) is 14.1. The Morgan fingerprint density at radius 2 is 0.479 bits per heavy atom. The number of hydrogen-bond acceptors (Lipinski definition) is 23. The molecule has 0 saturated carbocycles. The maximum atomic E-state index is 13.0. The number of hydrogen-bond donors (Lipinski definition) is 0. The molecule has 4 atom stereocenters. The Balaban J connectivity index is 5.50. The molecule has 0 spiro atoms. The lowest BCUT2D eigenvalue weighted by Crippen LogP contribution is -2.34. The van der Waals surface area contributed by atoms with E-state index in [0.717, 1.165) is 48.7 Å². The number of nitrogens with zero attached hydrogens (tertiary/aromatic N) is 3. The van der Waals surface area contributed by atoms with Gasteiger partial charge in [-0.2, -0.15) is 47.0 Å². The minimum atomic E-state index is -0.446. The Kier molecular flexibility index (Phi) is 65.8. The van der Waals surface area contributed by atoms with Crippen LogP contribution in [0.5, 0.6) is 0 Å². The molecule has 0 fully saturated rings. The van der Waals surface area contributed by atoms with Crippen molar-refractivity contribution in [2.45, 2.75) is 235 Å². The molecule has 0 rings (SSSR count). The first-order chi connectivity index (χ1) is 46.5. The molecular weight excluding hydrogens is 1300 g/mol. The van der Waals surface area contributed by atoms with Gasteiger partial charge in [-0.25, -0.2) is 0 Å². The van der Waals surface area contributed by atoms with E-state index in [1.807, 2.05) is 44.5 Å². The van der Waals surface area contributed by atoms with Gasteiger partial charge < -0.3 is 52.6 Å². The average molecular weight is 1440 g/mol. The summed E-state index contributed by atoms with van der Waals surface area (Å²) < 4.78 is 43.5. The van der Waals surface area contributed by atoms with Gasteiger partial charge >= 0.3 is 47.8 Å². The van der Waals surface area contributed by atoms with Crippen molar-refractivity contribution in [3.05, 3.63) is 0 Å². The molecule has 0 aromatic carbocycles. The number of unbranched alkanes of at least 4 members (excludes halogenated alkanes) is 18. The Hall–Kier alpha value is -2.96. The van der Waals surface area contributed by atoms with E-state index in [0.29, 0.717) is 88.2 Å². The van der Waals surface area contributed by atoms with Crippen LogP contribution in [-0.4, -0.2) is 221 Å². The zero-order chi connectivity index (χ0) is 70.9. The fraction of sp³-hybridized carbons (Fsp3) is 0.890. The summed E-state index contributed by atoms with van der Waals surface area (Å²) in [5.74, 6) is 2.71. The van der Waals surface area contributed by atoms with Crippen molar-refractivity contribution in [3.8, 4) is 0 Å². The van der Waals surface area contributed by atoms with Gasteiger partial charge in [0.2, 0.25) is 0 Å². The molecule has 23 heteroatoms. The van der Waals surface area contributed by atoms with E-state index in [4.69, 9.17) is 37.9 Å². The summed E-state index contributed by atoms with van der Waals surface area (Å²) in [5, 5.41) is 0. The van der Waals surface area contributed by atoms with E-state index < -0.39 is 23.9 Å². The van der Waals surface area contributed by atoms with Gasteiger partial charge in [-0.1, -0.05) is 171 Å². The molecule has 4 unspecified atom stereocenters. The largest absolute Gasteiger partial charge is 0.462 e. The number of ether oxygens (including phenoxy) is 8. The first kappa shape index (κ1) is 93.0. The lowest BCUT2D eigenvalue weighted by molar-refractivity contribution is -0.154. The van der Waals surface area contributed by atoms with Crippen LogP contribution in [0.3, 0.4) is 0 Å². The summed E-state index contributed by atoms with van der Waals surface area (Å²) in [7, 11) is 2.01. The van der Waals surface area contributed by atoms with E-state index in [9.17, 15) is 38.4 Å². The molecule has 19 nitrogen and oxygen atoms in total. The molecule has 0 aliphatic heterocycles. The Morgan fingerprint density at radius 1 is 0.271 bits per heavy atom. The van der Waals surface area contributed by atoms with Gasteiger partial charge in [0.25, 0.3) is 0 Å². The quantitative estimate of drug-likeness (QED) is 0.0314. The lowest BCUT2D eigenvalue weighted by atomic mass is 10.1. The molecule has 0 radical (unpaired) electrons. The highest BCUT2D eigenvalue weighted by Crippen LogP contribution is 2.19. The van der Waals surface area contributed by atoms with Crippen molar-refractivity contribution >= 4 is 94.8 Å². The minimum Gasteiger partial charge on any atom is -0.462 e. The number of carbonyl (C=O) groups excluding carboxylic acids is 8. The molecule has 0 saturated heterocycles. The standard InChI is InChI=1S/C73H135N3O16S4/c1-10-14-18-22-25-29-55-94-59-63(6)71(82)90-51-47-86-67(78)35-43-75(42-34-66(77)85-46-50-89-70(81)62(5)58-93-54-28-21-17-13-4)40-32-38-74(9)39-33-41-76(44-36-68(79)87-48-52-91-72(83)64(7)60-95-56-30-26-23-19-15-11-2)45-37-69(80)88-49-53-92-73(84)65(8)61-96-57-31-27-24-20-16-12-3/h62-65H,10-61H2,1-9H3. The second-order valence-electron chi connectivity index (χ2n) is 25.5. The van der Waals surface area contributed by atoms with Crippen LogP contribution >= 0.6 is 47.0 Å². The summed E-state index contributed by atoms with van der Waals surface area (Å²) >= 11 is 7.04. The number of rotatable bonds is 70. The topological polar surface area (TPSA) is 220 Å².